The maximum atomic E-state index is 11.6. The number of nitrogens with one attached hydrogen (secondary N) is 1. The molecule has 6 heteroatoms. The Hall–Kier alpha value is -1.56. The van der Waals surface area contributed by atoms with E-state index in [1.54, 1.807) is 0 Å². The minimum Gasteiger partial charge on any atom is -0.370 e. The van der Waals surface area contributed by atoms with E-state index >= 15 is 0 Å². The Kier molecular flexibility index (Phi) is 6.04. The first-order chi connectivity index (χ1) is 10.9. The molecule has 0 spiro atoms. The molecule has 1 heterocycles. The van der Waals surface area contributed by atoms with Gasteiger partial charge in [0.2, 0.25) is 0 Å². The van der Waals surface area contributed by atoms with E-state index in [4.69, 9.17) is 5.73 Å². The van der Waals surface area contributed by atoms with Gasteiger partial charge in [0.05, 0.1) is 11.5 Å². The lowest BCUT2D eigenvalue weighted by Gasteiger charge is -2.20. The minimum atomic E-state index is -2.88. The molecule has 23 heavy (non-hydrogen) atoms. The van der Waals surface area contributed by atoms with Gasteiger partial charge < -0.3 is 11.1 Å². The van der Waals surface area contributed by atoms with Crippen LogP contribution in [0.3, 0.4) is 0 Å². The molecule has 2 unspecified atom stereocenters. The Morgan fingerprint density at radius 3 is 2.70 bits per heavy atom. The lowest BCUT2D eigenvalue weighted by Crippen LogP contribution is -2.29. The van der Waals surface area contributed by atoms with E-state index < -0.39 is 9.84 Å². The molecule has 2 atom stereocenters. The Labute approximate surface area is 139 Å². The zero-order valence-electron chi connectivity index (χ0n) is 14.0. The van der Waals surface area contributed by atoms with Gasteiger partial charge in [-0.3, -0.25) is 4.99 Å². The van der Waals surface area contributed by atoms with E-state index in [0.717, 1.165) is 24.9 Å². The van der Waals surface area contributed by atoms with Crippen molar-refractivity contribution in [2.75, 3.05) is 23.4 Å². The van der Waals surface area contributed by atoms with Gasteiger partial charge >= 0.3 is 0 Å². The maximum Gasteiger partial charge on any atom is 0.193 e. The van der Waals surface area contributed by atoms with Gasteiger partial charge in [0.25, 0.3) is 0 Å². The standard InChI is InChI=1S/C17H27N3O2S/c1-3-13(2)15-6-8-16(9-7-15)20-17(18)19-11-14-5-4-10-23(21,22)12-14/h6-9,13-14H,3-5,10-12H2,1-2H3,(H3,18,19,20). The van der Waals surface area contributed by atoms with Crippen molar-refractivity contribution in [3.8, 4) is 0 Å². The van der Waals surface area contributed by atoms with Gasteiger partial charge in [0.1, 0.15) is 0 Å². The summed E-state index contributed by atoms with van der Waals surface area (Å²) in [6.07, 6.45) is 2.74. The normalized spacial score (nSPS) is 22.5. The second-order valence-electron chi connectivity index (χ2n) is 6.40. The Morgan fingerprint density at radius 2 is 2.09 bits per heavy atom. The van der Waals surface area contributed by atoms with Crippen LogP contribution in [0.15, 0.2) is 29.3 Å². The molecular formula is C17H27N3O2S. The molecule has 0 saturated carbocycles. The Balaban J connectivity index is 1.89. The summed E-state index contributed by atoms with van der Waals surface area (Å²) >= 11 is 0. The number of benzene rings is 1. The molecule has 0 aliphatic carbocycles. The second-order valence-corrected chi connectivity index (χ2v) is 8.63. The van der Waals surface area contributed by atoms with Crippen molar-refractivity contribution in [3.05, 3.63) is 29.8 Å². The minimum absolute atomic E-state index is 0.0851. The smallest absolute Gasteiger partial charge is 0.193 e. The molecule has 1 aliphatic rings. The van der Waals surface area contributed by atoms with Crippen molar-refractivity contribution in [2.24, 2.45) is 16.6 Å². The molecule has 1 fully saturated rings. The maximum absolute atomic E-state index is 11.6. The molecule has 3 N–H and O–H groups in total. The summed E-state index contributed by atoms with van der Waals surface area (Å²) in [5.74, 6) is 1.51. The first-order valence-electron chi connectivity index (χ1n) is 8.27. The molecule has 5 nitrogen and oxygen atoms in total. The molecule has 128 valence electrons. The summed E-state index contributed by atoms with van der Waals surface area (Å²) in [4.78, 5) is 4.30. The van der Waals surface area contributed by atoms with Gasteiger partial charge in [0, 0.05) is 12.2 Å². The molecule has 1 aliphatic heterocycles. The summed E-state index contributed by atoms with van der Waals surface area (Å²) in [5.41, 5.74) is 8.11. The first-order valence-corrected chi connectivity index (χ1v) is 10.1. The van der Waals surface area contributed by atoms with E-state index in [2.05, 4.69) is 36.3 Å². The monoisotopic (exact) mass is 337 g/mol. The summed E-state index contributed by atoms with van der Waals surface area (Å²) in [6, 6.07) is 8.18. The molecule has 0 aromatic heterocycles. The van der Waals surface area contributed by atoms with Crippen LogP contribution < -0.4 is 11.1 Å². The van der Waals surface area contributed by atoms with E-state index in [9.17, 15) is 8.42 Å². The van der Waals surface area contributed by atoms with Crippen LogP contribution in [0.4, 0.5) is 5.69 Å². The van der Waals surface area contributed by atoms with Crippen LogP contribution in [0.25, 0.3) is 0 Å². The molecule has 1 aromatic carbocycles. The fraction of sp³-hybridized carbons (Fsp3) is 0.588. The fourth-order valence-electron chi connectivity index (χ4n) is 2.81. The second kappa shape index (κ2) is 7.81. The van der Waals surface area contributed by atoms with Crippen LogP contribution >= 0.6 is 0 Å². The third-order valence-electron chi connectivity index (χ3n) is 4.44. The van der Waals surface area contributed by atoms with E-state index in [0.29, 0.717) is 24.2 Å². The highest BCUT2D eigenvalue weighted by atomic mass is 32.2. The van der Waals surface area contributed by atoms with Crippen molar-refractivity contribution in [3.63, 3.8) is 0 Å². The van der Waals surface area contributed by atoms with Gasteiger partial charge in [-0.1, -0.05) is 26.0 Å². The highest BCUT2D eigenvalue weighted by Gasteiger charge is 2.24. The summed E-state index contributed by atoms with van der Waals surface area (Å²) in [5, 5.41) is 3.06. The Bertz CT molecular complexity index is 638. The summed E-state index contributed by atoms with van der Waals surface area (Å²) in [7, 11) is -2.88. The quantitative estimate of drug-likeness (QED) is 0.639. The number of hydrogen-bond acceptors (Lipinski definition) is 3. The molecule has 0 amide bonds. The molecule has 2 rings (SSSR count). The van der Waals surface area contributed by atoms with Gasteiger partial charge in [-0.2, -0.15) is 0 Å². The zero-order chi connectivity index (χ0) is 16.9. The SMILES string of the molecule is CCC(C)c1ccc(NC(N)=NCC2CCCS(=O)(=O)C2)cc1. The van der Waals surface area contributed by atoms with Crippen LogP contribution in [0.5, 0.6) is 0 Å². The lowest BCUT2D eigenvalue weighted by molar-refractivity contribution is 0.494. The topological polar surface area (TPSA) is 84.5 Å². The van der Waals surface area contributed by atoms with Crippen molar-refractivity contribution >= 4 is 21.5 Å². The van der Waals surface area contributed by atoms with Crippen molar-refractivity contribution in [1.82, 2.24) is 0 Å². The van der Waals surface area contributed by atoms with Gasteiger partial charge in [0.15, 0.2) is 15.8 Å². The summed E-state index contributed by atoms with van der Waals surface area (Å²) in [6.45, 7) is 4.84. The van der Waals surface area contributed by atoms with Gasteiger partial charge in [-0.25, -0.2) is 8.42 Å². The van der Waals surface area contributed by atoms with Crippen LogP contribution in [0.2, 0.25) is 0 Å². The number of aliphatic imine (C=N–C) groups is 1. The highest BCUT2D eigenvalue weighted by molar-refractivity contribution is 7.91. The average Bonchev–Trinajstić information content (AvgIpc) is 2.52. The predicted molar refractivity (Wildman–Crippen MR) is 96.6 cm³/mol. The van der Waals surface area contributed by atoms with Crippen LogP contribution in [-0.4, -0.2) is 32.4 Å². The first kappa shape index (κ1) is 17.8. The number of guanidine groups is 1. The van der Waals surface area contributed by atoms with E-state index in [1.165, 1.54) is 5.56 Å². The third kappa shape index (κ3) is 5.53. The van der Waals surface area contributed by atoms with Crippen molar-refractivity contribution < 1.29 is 8.42 Å². The van der Waals surface area contributed by atoms with Gasteiger partial charge in [-0.15, -0.1) is 0 Å². The average molecular weight is 337 g/mol. The van der Waals surface area contributed by atoms with E-state index in [-0.39, 0.29) is 11.7 Å². The third-order valence-corrected chi connectivity index (χ3v) is 6.33. The molecule has 1 aromatic rings. The van der Waals surface area contributed by atoms with Crippen LogP contribution in [0, 0.1) is 5.92 Å². The summed E-state index contributed by atoms with van der Waals surface area (Å²) < 4.78 is 23.2. The number of sulfone groups is 1. The molecule has 0 bridgehead atoms. The van der Waals surface area contributed by atoms with Crippen molar-refractivity contribution in [1.29, 1.82) is 0 Å². The van der Waals surface area contributed by atoms with E-state index in [1.807, 2.05) is 12.1 Å². The highest BCUT2D eigenvalue weighted by Crippen LogP contribution is 2.21. The number of nitrogens with two attached hydrogens (primary N) is 1. The largest absolute Gasteiger partial charge is 0.370 e. The lowest BCUT2D eigenvalue weighted by atomic mass is 9.99. The zero-order valence-corrected chi connectivity index (χ0v) is 14.8. The predicted octanol–water partition coefficient (Wildman–Crippen LogP) is 2.75. The molecule has 1 saturated heterocycles. The number of rotatable bonds is 5. The van der Waals surface area contributed by atoms with Crippen molar-refractivity contribution in [2.45, 2.75) is 39.0 Å². The number of hydrogen-bond donors (Lipinski definition) is 2. The van der Waals surface area contributed by atoms with Gasteiger partial charge in [-0.05, 0) is 48.8 Å². The molecule has 0 radical (unpaired) electrons. The fourth-order valence-corrected chi connectivity index (χ4v) is 4.57. The number of nitrogens with zero attached hydrogens (tertiary/aromatic N) is 1. The molecular weight excluding hydrogens is 310 g/mol. The van der Waals surface area contributed by atoms with Crippen LogP contribution in [-0.2, 0) is 9.84 Å². The number of anilines is 1. The van der Waals surface area contributed by atoms with Crippen LogP contribution in [0.1, 0.15) is 44.6 Å². The Morgan fingerprint density at radius 1 is 1.39 bits per heavy atom.